The second-order valence-corrected chi connectivity index (χ2v) is 7.68. The molecule has 1 saturated heterocycles. The molecule has 28 heavy (non-hydrogen) atoms. The maximum absolute atomic E-state index is 12.4. The Morgan fingerprint density at radius 1 is 1.14 bits per heavy atom. The summed E-state index contributed by atoms with van der Waals surface area (Å²) in [7, 11) is 0. The zero-order valence-electron chi connectivity index (χ0n) is 15.7. The summed E-state index contributed by atoms with van der Waals surface area (Å²) in [6, 6.07) is 7.42. The van der Waals surface area contributed by atoms with Gasteiger partial charge in [0.1, 0.15) is 5.76 Å². The molecule has 3 aromatic heterocycles. The second-order valence-electron chi connectivity index (χ2n) is 7.68. The third-order valence-corrected chi connectivity index (χ3v) is 5.60. The summed E-state index contributed by atoms with van der Waals surface area (Å²) >= 11 is 0. The Morgan fingerprint density at radius 2 is 2.07 bits per heavy atom. The largest absolute Gasteiger partial charge is 0.444 e. The summed E-state index contributed by atoms with van der Waals surface area (Å²) in [5.41, 5.74) is 1.59. The quantitative estimate of drug-likeness (QED) is 0.657. The lowest BCUT2D eigenvalue weighted by Crippen LogP contribution is -2.36. The van der Waals surface area contributed by atoms with E-state index in [-0.39, 0.29) is 11.6 Å². The first-order valence-electron chi connectivity index (χ1n) is 9.93. The van der Waals surface area contributed by atoms with Gasteiger partial charge in [-0.1, -0.05) is 0 Å². The number of hydrogen-bond donors (Lipinski definition) is 0. The van der Waals surface area contributed by atoms with Gasteiger partial charge in [0.25, 0.3) is 5.56 Å². The Labute approximate surface area is 163 Å². The fraction of sp³-hybridized carbons (Fsp3) is 0.429. The number of hydrogen-bond acceptors (Lipinski definition) is 6. The van der Waals surface area contributed by atoms with Crippen LogP contribution in [-0.4, -0.2) is 37.2 Å². The molecule has 1 aliphatic carbocycles. The highest BCUT2D eigenvalue weighted by Gasteiger charge is 2.30. The van der Waals surface area contributed by atoms with Crippen LogP contribution in [0.1, 0.15) is 43.3 Å². The summed E-state index contributed by atoms with van der Waals surface area (Å²) in [4.78, 5) is 23.3. The number of likely N-dealkylation sites (tertiary alicyclic amines) is 1. The predicted molar refractivity (Wildman–Crippen MR) is 104 cm³/mol. The van der Waals surface area contributed by atoms with Crippen molar-refractivity contribution in [2.75, 3.05) is 6.54 Å². The molecule has 0 amide bonds. The minimum absolute atomic E-state index is 0.0772. The molecule has 144 valence electrons. The van der Waals surface area contributed by atoms with Gasteiger partial charge >= 0.3 is 0 Å². The Kier molecular flexibility index (Phi) is 4.52. The lowest BCUT2D eigenvalue weighted by atomic mass is 10.2. The Morgan fingerprint density at radius 3 is 2.89 bits per heavy atom. The molecule has 0 bridgehead atoms. The van der Waals surface area contributed by atoms with Crippen LogP contribution in [0.5, 0.6) is 0 Å². The number of rotatable bonds is 6. The van der Waals surface area contributed by atoms with Gasteiger partial charge in [0.15, 0.2) is 0 Å². The first-order valence-corrected chi connectivity index (χ1v) is 9.93. The first-order chi connectivity index (χ1) is 13.8. The molecule has 1 atom stereocenters. The van der Waals surface area contributed by atoms with Crippen LogP contribution in [0.25, 0.3) is 11.3 Å². The van der Waals surface area contributed by atoms with Crippen molar-refractivity contribution >= 4 is 0 Å². The van der Waals surface area contributed by atoms with Gasteiger partial charge in [0.2, 0.25) is 5.89 Å². The molecular weight excluding hydrogens is 354 g/mol. The predicted octanol–water partition coefficient (Wildman–Crippen LogP) is 2.84. The highest BCUT2D eigenvalue weighted by atomic mass is 16.4. The zero-order valence-corrected chi connectivity index (χ0v) is 15.7. The summed E-state index contributed by atoms with van der Waals surface area (Å²) in [6.07, 6.45) is 9.94. The normalized spacial score (nSPS) is 19.9. The number of pyridine rings is 1. The Hall–Kier alpha value is -2.80. The number of aromatic nitrogens is 4. The van der Waals surface area contributed by atoms with Crippen LogP contribution >= 0.6 is 0 Å². The molecule has 5 rings (SSSR count). The second kappa shape index (κ2) is 7.31. The van der Waals surface area contributed by atoms with E-state index in [0.717, 1.165) is 42.3 Å². The monoisotopic (exact) mass is 377 g/mol. The molecule has 0 spiro atoms. The SMILES string of the molecule is O=c1ccc(-c2cccnc2)nn1CC1CCCN1Cc1ncc(C2CC2)o1. The fourth-order valence-corrected chi connectivity index (χ4v) is 3.89. The van der Waals surface area contributed by atoms with E-state index in [9.17, 15) is 4.79 Å². The third-order valence-electron chi connectivity index (χ3n) is 5.60. The highest BCUT2D eigenvalue weighted by molar-refractivity contribution is 5.56. The number of nitrogens with zero attached hydrogens (tertiary/aromatic N) is 5. The van der Waals surface area contributed by atoms with E-state index in [1.807, 2.05) is 18.3 Å². The lowest BCUT2D eigenvalue weighted by Gasteiger charge is -2.23. The molecule has 7 nitrogen and oxygen atoms in total. The molecule has 2 aliphatic rings. The molecule has 4 heterocycles. The van der Waals surface area contributed by atoms with Gasteiger partial charge in [0.05, 0.1) is 25.0 Å². The standard InChI is InChI=1S/C21H23N5O2/c27-21-8-7-18(16-3-1-9-22-11-16)24-26(21)13-17-4-2-10-25(17)14-20-23-12-19(28-20)15-5-6-15/h1,3,7-9,11-12,15,17H,2,4-6,10,13-14H2. The van der Waals surface area contributed by atoms with Gasteiger partial charge in [-0.2, -0.15) is 5.10 Å². The molecule has 7 heteroatoms. The number of oxazole rings is 1. The van der Waals surface area contributed by atoms with Crippen LogP contribution in [0.4, 0.5) is 0 Å². The van der Waals surface area contributed by atoms with E-state index in [1.165, 1.54) is 12.8 Å². The van der Waals surface area contributed by atoms with Gasteiger partial charge in [-0.15, -0.1) is 0 Å². The van der Waals surface area contributed by atoms with Crippen molar-refractivity contribution in [2.24, 2.45) is 0 Å². The first kappa shape index (κ1) is 17.3. The molecule has 0 radical (unpaired) electrons. The lowest BCUT2D eigenvalue weighted by molar-refractivity contribution is 0.196. The average Bonchev–Trinajstić information content (AvgIpc) is 3.32. The average molecular weight is 377 g/mol. The van der Waals surface area contributed by atoms with Gasteiger partial charge in [0, 0.05) is 36.0 Å². The van der Waals surface area contributed by atoms with E-state index in [2.05, 4.69) is 20.0 Å². The van der Waals surface area contributed by atoms with E-state index in [4.69, 9.17) is 4.42 Å². The molecule has 2 fully saturated rings. The molecule has 1 aliphatic heterocycles. The Balaban J connectivity index is 1.32. The third kappa shape index (κ3) is 3.62. The van der Waals surface area contributed by atoms with Crippen LogP contribution in [0.15, 0.2) is 52.1 Å². The minimum atomic E-state index is -0.0772. The van der Waals surface area contributed by atoms with Crippen molar-refractivity contribution in [3.63, 3.8) is 0 Å². The maximum atomic E-state index is 12.4. The smallest absolute Gasteiger partial charge is 0.266 e. The van der Waals surface area contributed by atoms with E-state index in [0.29, 0.717) is 19.0 Å². The van der Waals surface area contributed by atoms with E-state index >= 15 is 0 Å². The molecular formula is C21H23N5O2. The maximum Gasteiger partial charge on any atom is 0.266 e. The van der Waals surface area contributed by atoms with Gasteiger partial charge in [-0.25, -0.2) is 9.67 Å². The van der Waals surface area contributed by atoms with Crippen molar-refractivity contribution in [2.45, 2.75) is 50.7 Å². The van der Waals surface area contributed by atoms with Crippen LogP contribution in [0.2, 0.25) is 0 Å². The molecule has 1 unspecified atom stereocenters. The highest BCUT2D eigenvalue weighted by Crippen LogP contribution is 2.40. The van der Waals surface area contributed by atoms with E-state index < -0.39 is 0 Å². The summed E-state index contributed by atoms with van der Waals surface area (Å²) in [6.45, 7) is 2.25. The van der Waals surface area contributed by atoms with Crippen molar-refractivity contribution in [1.29, 1.82) is 0 Å². The van der Waals surface area contributed by atoms with Crippen molar-refractivity contribution < 1.29 is 4.42 Å². The molecule has 1 saturated carbocycles. The topological polar surface area (TPSA) is 77.1 Å². The van der Waals surface area contributed by atoms with Crippen molar-refractivity contribution in [1.82, 2.24) is 24.6 Å². The minimum Gasteiger partial charge on any atom is -0.444 e. The van der Waals surface area contributed by atoms with Gasteiger partial charge < -0.3 is 4.42 Å². The zero-order chi connectivity index (χ0) is 18.9. The fourth-order valence-electron chi connectivity index (χ4n) is 3.89. The van der Waals surface area contributed by atoms with Crippen LogP contribution in [0, 0.1) is 0 Å². The van der Waals surface area contributed by atoms with Crippen LogP contribution in [-0.2, 0) is 13.1 Å². The summed E-state index contributed by atoms with van der Waals surface area (Å²) < 4.78 is 7.50. The van der Waals surface area contributed by atoms with Crippen LogP contribution in [0.3, 0.4) is 0 Å². The van der Waals surface area contributed by atoms with Crippen LogP contribution < -0.4 is 5.56 Å². The summed E-state index contributed by atoms with van der Waals surface area (Å²) in [5, 5.41) is 4.58. The Bertz CT molecular complexity index is 1010. The molecule has 3 aromatic rings. The summed E-state index contributed by atoms with van der Waals surface area (Å²) in [5.74, 6) is 2.37. The van der Waals surface area contributed by atoms with Gasteiger partial charge in [-0.3, -0.25) is 14.7 Å². The van der Waals surface area contributed by atoms with Crippen molar-refractivity contribution in [3.8, 4) is 11.3 Å². The molecule has 0 aromatic carbocycles. The van der Waals surface area contributed by atoms with Crippen molar-refractivity contribution in [3.05, 3.63) is 64.9 Å². The van der Waals surface area contributed by atoms with E-state index in [1.54, 1.807) is 29.2 Å². The van der Waals surface area contributed by atoms with Gasteiger partial charge in [-0.05, 0) is 50.4 Å². The molecule has 0 N–H and O–H groups in total.